The van der Waals surface area contributed by atoms with Crippen LogP contribution in [-0.4, -0.2) is 38.2 Å². The molecule has 0 heterocycles. The molecule has 0 fully saturated rings. The maximum Gasteiger partial charge on any atom is 0.123 e. The third-order valence-corrected chi connectivity index (χ3v) is 3.54. The van der Waals surface area contributed by atoms with Crippen molar-refractivity contribution in [3.63, 3.8) is 0 Å². The third kappa shape index (κ3) is 4.84. The molecule has 1 aromatic carbocycles. The minimum atomic E-state index is 0.115. The van der Waals surface area contributed by atoms with Crippen LogP contribution in [0.5, 0.6) is 5.75 Å². The lowest BCUT2D eigenvalue weighted by Gasteiger charge is -2.30. The molecule has 1 aromatic rings. The van der Waals surface area contributed by atoms with Crippen molar-refractivity contribution in [1.82, 2.24) is 10.2 Å². The number of hydrogen-bond acceptors (Lipinski definition) is 3. The lowest BCUT2D eigenvalue weighted by molar-refractivity contribution is 0.235. The lowest BCUT2D eigenvalue weighted by atomic mass is 10.0. The second-order valence-electron chi connectivity index (χ2n) is 5.81. The summed E-state index contributed by atoms with van der Waals surface area (Å²) in [5.74, 6) is 0.978. The summed E-state index contributed by atoms with van der Waals surface area (Å²) in [5, 5.41) is 3.34. The van der Waals surface area contributed by atoms with Crippen LogP contribution < -0.4 is 10.1 Å². The monoisotopic (exact) mass is 264 g/mol. The molecule has 0 amide bonds. The van der Waals surface area contributed by atoms with Crippen LogP contribution in [0.4, 0.5) is 0 Å². The van der Waals surface area contributed by atoms with Crippen LogP contribution in [0.3, 0.4) is 0 Å². The van der Waals surface area contributed by atoms with Crippen LogP contribution in [0.1, 0.15) is 31.9 Å². The molecule has 3 nitrogen and oxygen atoms in total. The first-order valence-electron chi connectivity index (χ1n) is 6.95. The number of methoxy groups -OCH3 is 1. The summed E-state index contributed by atoms with van der Waals surface area (Å²) in [6, 6.07) is 6.47. The van der Waals surface area contributed by atoms with E-state index in [4.69, 9.17) is 4.74 Å². The summed E-state index contributed by atoms with van der Waals surface area (Å²) in [7, 11) is 5.89. The first kappa shape index (κ1) is 16.0. The van der Waals surface area contributed by atoms with Crippen LogP contribution in [0.2, 0.25) is 0 Å². The Hall–Kier alpha value is -1.06. The zero-order valence-electron chi connectivity index (χ0n) is 13.2. The first-order chi connectivity index (χ1) is 8.91. The highest BCUT2D eigenvalue weighted by Crippen LogP contribution is 2.22. The second kappa shape index (κ2) is 6.92. The summed E-state index contributed by atoms with van der Waals surface area (Å²) in [6.45, 7) is 8.50. The Kier molecular flexibility index (Phi) is 5.83. The standard InChI is InChI=1S/C16H28N2O/c1-7-13-8-9-15(19-6)14(10-13)11-18(5)12-16(2,3)17-4/h8-10,17H,7,11-12H2,1-6H3. The number of hydrogen-bond donors (Lipinski definition) is 1. The number of nitrogens with zero attached hydrogens (tertiary/aromatic N) is 1. The van der Waals surface area contributed by atoms with Crippen LogP contribution >= 0.6 is 0 Å². The summed E-state index contributed by atoms with van der Waals surface area (Å²) in [4.78, 5) is 2.33. The molecule has 0 atom stereocenters. The van der Waals surface area contributed by atoms with Crippen molar-refractivity contribution in [3.8, 4) is 5.75 Å². The van der Waals surface area contributed by atoms with Gasteiger partial charge in [0.05, 0.1) is 7.11 Å². The normalized spacial score (nSPS) is 11.9. The molecule has 0 saturated heterocycles. The highest BCUT2D eigenvalue weighted by Gasteiger charge is 2.18. The quantitative estimate of drug-likeness (QED) is 0.819. The van der Waals surface area contributed by atoms with Crippen molar-refractivity contribution in [1.29, 1.82) is 0 Å². The number of rotatable bonds is 7. The SMILES string of the molecule is CCc1ccc(OC)c(CN(C)CC(C)(C)NC)c1. The van der Waals surface area contributed by atoms with E-state index in [2.05, 4.69) is 56.2 Å². The second-order valence-corrected chi connectivity index (χ2v) is 5.81. The van der Waals surface area contributed by atoms with Gasteiger partial charge in [0.1, 0.15) is 5.75 Å². The van der Waals surface area contributed by atoms with Gasteiger partial charge in [-0.25, -0.2) is 0 Å². The Morgan fingerprint density at radius 1 is 1.32 bits per heavy atom. The van der Waals surface area contributed by atoms with E-state index in [9.17, 15) is 0 Å². The topological polar surface area (TPSA) is 24.5 Å². The van der Waals surface area contributed by atoms with E-state index in [0.717, 1.165) is 25.3 Å². The molecular weight excluding hydrogens is 236 g/mol. The number of aryl methyl sites for hydroxylation is 1. The van der Waals surface area contributed by atoms with E-state index in [1.54, 1.807) is 7.11 Å². The lowest BCUT2D eigenvalue weighted by Crippen LogP contribution is -2.46. The Balaban J connectivity index is 2.80. The van der Waals surface area contributed by atoms with Crippen LogP contribution in [-0.2, 0) is 13.0 Å². The van der Waals surface area contributed by atoms with Gasteiger partial charge in [-0.15, -0.1) is 0 Å². The molecule has 0 saturated carbocycles. The van der Waals surface area contributed by atoms with Crippen molar-refractivity contribution >= 4 is 0 Å². The predicted molar refractivity (Wildman–Crippen MR) is 81.8 cm³/mol. The molecule has 0 radical (unpaired) electrons. The molecule has 19 heavy (non-hydrogen) atoms. The van der Waals surface area contributed by atoms with Gasteiger partial charge in [-0.05, 0) is 46.0 Å². The molecule has 1 N–H and O–H groups in total. The Morgan fingerprint density at radius 2 is 2.00 bits per heavy atom. The average Bonchev–Trinajstić information content (AvgIpc) is 2.37. The Bertz CT molecular complexity index is 402. The molecule has 0 unspecified atom stereocenters. The fraction of sp³-hybridized carbons (Fsp3) is 0.625. The van der Waals surface area contributed by atoms with Crippen LogP contribution in [0, 0.1) is 0 Å². The van der Waals surface area contributed by atoms with Crippen molar-refractivity contribution in [2.75, 3.05) is 27.7 Å². The Labute approximate surface area is 118 Å². The van der Waals surface area contributed by atoms with Gasteiger partial charge in [-0.3, -0.25) is 0 Å². The molecule has 0 aliphatic heterocycles. The summed E-state index contributed by atoms with van der Waals surface area (Å²) >= 11 is 0. The first-order valence-corrected chi connectivity index (χ1v) is 6.95. The van der Waals surface area contributed by atoms with Crippen molar-refractivity contribution in [2.24, 2.45) is 0 Å². The van der Waals surface area contributed by atoms with Gasteiger partial charge in [0.2, 0.25) is 0 Å². The molecule has 0 bridgehead atoms. The minimum absolute atomic E-state index is 0.115. The van der Waals surface area contributed by atoms with Gasteiger partial charge in [-0.2, -0.15) is 0 Å². The van der Waals surface area contributed by atoms with E-state index < -0.39 is 0 Å². The molecule has 108 valence electrons. The third-order valence-electron chi connectivity index (χ3n) is 3.54. The Morgan fingerprint density at radius 3 is 2.53 bits per heavy atom. The highest BCUT2D eigenvalue weighted by molar-refractivity contribution is 5.37. The van der Waals surface area contributed by atoms with Crippen LogP contribution in [0.15, 0.2) is 18.2 Å². The fourth-order valence-corrected chi connectivity index (χ4v) is 2.28. The maximum absolute atomic E-state index is 5.46. The molecule has 0 spiro atoms. The maximum atomic E-state index is 5.46. The number of ether oxygens (including phenoxy) is 1. The number of benzene rings is 1. The smallest absolute Gasteiger partial charge is 0.123 e. The van der Waals surface area contributed by atoms with E-state index in [-0.39, 0.29) is 5.54 Å². The zero-order chi connectivity index (χ0) is 14.5. The largest absolute Gasteiger partial charge is 0.496 e. The molecular formula is C16H28N2O. The van der Waals surface area contributed by atoms with Gasteiger partial charge in [0.15, 0.2) is 0 Å². The predicted octanol–water partition coefficient (Wildman–Crippen LogP) is 2.69. The van der Waals surface area contributed by atoms with E-state index >= 15 is 0 Å². The number of likely N-dealkylation sites (N-methyl/N-ethyl adjacent to an activating group) is 2. The summed E-state index contributed by atoms with van der Waals surface area (Å²) < 4.78 is 5.46. The van der Waals surface area contributed by atoms with Crippen molar-refractivity contribution in [3.05, 3.63) is 29.3 Å². The molecule has 0 aromatic heterocycles. The zero-order valence-corrected chi connectivity index (χ0v) is 13.2. The summed E-state index contributed by atoms with van der Waals surface area (Å²) in [6.07, 6.45) is 1.06. The molecule has 0 aliphatic carbocycles. The van der Waals surface area contributed by atoms with Gasteiger partial charge < -0.3 is 15.0 Å². The van der Waals surface area contributed by atoms with Crippen LogP contribution in [0.25, 0.3) is 0 Å². The van der Waals surface area contributed by atoms with E-state index in [0.29, 0.717) is 0 Å². The minimum Gasteiger partial charge on any atom is -0.496 e. The summed E-state index contributed by atoms with van der Waals surface area (Å²) in [5.41, 5.74) is 2.73. The fourth-order valence-electron chi connectivity index (χ4n) is 2.28. The van der Waals surface area contributed by atoms with E-state index in [1.165, 1.54) is 11.1 Å². The van der Waals surface area contributed by atoms with Crippen molar-refractivity contribution in [2.45, 2.75) is 39.3 Å². The molecule has 1 rings (SSSR count). The van der Waals surface area contributed by atoms with E-state index in [1.807, 2.05) is 7.05 Å². The molecule has 0 aliphatic rings. The van der Waals surface area contributed by atoms with Gasteiger partial charge in [-0.1, -0.05) is 19.1 Å². The average molecular weight is 264 g/mol. The number of nitrogens with one attached hydrogen (secondary N) is 1. The van der Waals surface area contributed by atoms with Gasteiger partial charge in [0.25, 0.3) is 0 Å². The highest BCUT2D eigenvalue weighted by atomic mass is 16.5. The molecule has 3 heteroatoms. The van der Waals surface area contributed by atoms with Crippen molar-refractivity contribution < 1.29 is 4.74 Å². The van der Waals surface area contributed by atoms with Gasteiger partial charge >= 0.3 is 0 Å². The van der Waals surface area contributed by atoms with Gasteiger partial charge in [0, 0.05) is 24.2 Å².